The lowest BCUT2D eigenvalue weighted by molar-refractivity contribution is -0.173. The predicted octanol–water partition coefficient (Wildman–Crippen LogP) is 5.52. The fourth-order valence-electron chi connectivity index (χ4n) is 1.72. The van der Waals surface area contributed by atoms with Crippen LogP contribution in [0.3, 0.4) is 0 Å². The molecule has 0 aliphatic heterocycles. The quantitative estimate of drug-likeness (QED) is 0.435. The van der Waals surface area contributed by atoms with Crippen LogP contribution in [0.15, 0.2) is 24.5 Å². The minimum absolute atomic E-state index is 0.105. The van der Waals surface area contributed by atoms with Crippen molar-refractivity contribution in [3.05, 3.63) is 56.0 Å². The van der Waals surface area contributed by atoms with Crippen molar-refractivity contribution in [2.24, 2.45) is 0 Å². The molecule has 0 fully saturated rings. The van der Waals surface area contributed by atoms with Gasteiger partial charge in [-0.05, 0) is 19.1 Å². The molecule has 0 saturated carbocycles. The average molecular weight is 498 g/mol. The first kappa shape index (κ1) is 25.6. The number of carbonyl (C=O) groups is 1. The van der Waals surface area contributed by atoms with E-state index in [0.29, 0.717) is 0 Å². The Balaban J connectivity index is 0.000000296. The molecule has 0 aromatic carbocycles. The standard InChI is InChI=1S/C9H7Cl2F2NO2.C7H5Cl2F2NO/c1-2-16-8(15)9(12,13)7-6(11)3-5(10)4-14-7;8-4-1-5(9)6(12-2-4)7(10,11)3-13/h3-4H,2H2,1H3;1-2,13H,3H2. The lowest BCUT2D eigenvalue weighted by Gasteiger charge is -2.14. The number of alkyl halides is 4. The summed E-state index contributed by atoms with van der Waals surface area (Å²) in [6.45, 7) is -0.0636. The third-order valence-corrected chi connectivity index (χ3v) is 3.98. The van der Waals surface area contributed by atoms with Crippen molar-refractivity contribution in [2.75, 3.05) is 13.2 Å². The Labute approximate surface area is 182 Å². The van der Waals surface area contributed by atoms with Crippen molar-refractivity contribution in [2.45, 2.75) is 18.8 Å². The lowest BCUT2D eigenvalue weighted by Crippen LogP contribution is -2.29. The number of esters is 1. The van der Waals surface area contributed by atoms with E-state index in [1.54, 1.807) is 0 Å². The van der Waals surface area contributed by atoms with Crippen LogP contribution in [0.25, 0.3) is 0 Å². The molecule has 29 heavy (non-hydrogen) atoms. The molecular weight excluding hydrogens is 486 g/mol. The minimum atomic E-state index is -3.88. The zero-order valence-electron chi connectivity index (χ0n) is 14.4. The molecule has 0 bridgehead atoms. The lowest BCUT2D eigenvalue weighted by atomic mass is 10.2. The van der Waals surface area contributed by atoms with Crippen LogP contribution < -0.4 is 0 Å². The van der Waals surface area contributed by atoms with Crippen molar-refractivity contribution < 1.29 is 32.2 Å². The van der Waals surface area contributed by atoms with Gasteiger partial charge in [-0.1, -0.05) is 46.4 Å². The molecule has 2 heterocycles. The van der Waals surface area contributed by atoms with Crippen LogP contribution >= 0.6 is 46.4 Å². The number of pyridine rings is 2. The fourth-order valence-corrected chi connectivity index (χ4v) is 2.74. The predicted molar refractivity (Wildman–Crippen MR) is 100 cm³/mol. The maximum Gasteiger partial charge on any atom is 0.385 e. The molecule has 0 aliphatic carbocycles. The number of ether oxygens (including phenoxy) is 1. The molecule has 2 rings (SSSR count). The van der Waals surface area contributed by atoms with Crippen LogP contribution in [0.1, 0.15) is 18.3 Å². The highest BCUT2D eigenvalue weighted by atomic mass is 35.5. The summed E-state index contributed by atoms with van der Waals surface area (Å²) in [7, 11) is 0. The Bertz CT molecular complexity index is 872. The second-order valence-electron chi connectivity index (χ2n) is 5.13. The molecular formula is C16H12Cl4F4N2O3. The van der Waals surface area contributed by atoms with E-state index in [0.717, 1.165) is 24.5 Å². The summed E-state index contributed by atoms with van der Waals surface area (Å²) in [6, 6.07) is 2.23. The van der Waals surface area contributed by atoms with Gasteiger partial charge in [0.25, 0.3) is 0 Å². The highest BCUT2D eigenvalue weighted by molar-refractivity contribution is 6.35. The summed E-state index contributed by atoms with van der Waals surface area (Å²) in [4.78, 5) is 17.7. The van der Waals surface area contributed by atoms with Gasteiger partial charge in [-0.15, -0.1) is 0 Å². The van der Waals surface area contributed by atoms with Gasteiger partial charge in [0.15, 0.2) is 0 Å². The van der Waals surface area contributed by atoms with Crippen LogP contribution in [0.2, 0.25) is 20.1 Å². The molecule has 5 nitrogen and oxygen atoms in total. The smallest absolute Gasteiger partial charge is 0.385 e. The van der Waals surface area contributed by atoms with Gasteiger partial charge in [-0.25, -0.2) is 4.79 Å². The third kappa shape index (κ3) is 6.82. The first-order chi connectivity index (χ1) is 13.4. The number of rotatable bonds is 5. The van der Waals surface area contributed by atoms with Crippen LogP contribution in [0, 0.1) is 0 Å². The van der Waals surface area contributed by atoms with Gasteiger partial charge in [-0.3, -0.25) is 9.97 Å². The number of aliphatic hydroxyl groups excluding tert-OH is 1. The normalized spacial score (nSPS) is 11.5. The van der Waals surface area contributed by atoms with Crippen LogP contribution in [-0.4, -0.2) is 34.3 Å². The summed E-state index contributed by atoms with van der Waals surface area (Å²) in [5.41, 5.74) is -1.53. The van der Waals surface area contributed by atoms with Crippen molar-refractivity contribution in [3.8, 4) is 0 Å². The molecule has 2 aromatic heterocycles. The Morgan fingerprint density at radius 1 is 1.00 bits per heavy atom. The van der Waals surface area contributed by atoms with Gasteiger partial charge in [0.1, 0.15) is 18.0 Å². The van der Waals surface area contributed by atoms with E-state index in [1.165, 1.54) is 6.92 Å². The van der Waals surface area contributed by atoms with Crippen LogP contribution in [0.4, 0.5) is 17.6 Å². The van der Waals surface area contributed by atoms with Crippen LogP contribution in [0.5, 0.6) is 0 Å². The van der Waals surface area contributed by atoms with Crippen LogP contribution in [-0.2, 0) is 21.4 Å². The highest BCUT2D eigenvalue weighted by Gasteiger charge is 2.46. The molecule has 0 atom stereocenters. The number of hydrogen-bond acceptors (Lipinski definition) is 5. The molecule has 1 N–H and O–H groups in total. The monoisotopic (exact) mass is 496 g/mol. The van der Waals surface area contributed by atoms with Gasteiger partial charge < -0.3 is 9.84 Å². The molecule has 2 aromatic rings. The summed E-state index contributed by atoms with van der Waals surface area (Å²) in [5.74, 6) is -8.99. The van der Waals surface area contributed by atoms with E-state index in [2.05, 4.69) is 14.7 Å². The second kappa shape index (κ2) is 10.6. The number of carbonyl (C=O) groups excluding carboxylic acids is 1. The largest absolute Gasteiger partial charge is 0.461 e. The number of aliphatic hydroxyl groups is 1. The van der Waals surface area contributed by atoms with E-state index in [-0.39, 0.29) is 26.7 Å². The Kier molecular flexibility index (Phi) is 9.36. The Morgan fingerprint density at radius 3 is 1.83 bits per heavy atom. The summed E-state index contributed by atoms with van der Waals surface area (Å²) < 4.78 is 56.8. The highest BCUT2D eigenvalue weighted by Crippen LogP contribution is 2.34. The summed E-state index contributed by atoms with van der Waals surface area (Å²) in [6.07, 6.45) is 2.03. The van der Waals surface area contributed by atoms with Crippen molar-refractivity contribution in [1.82, 2.24) is 9.97 Å². The van der Waals surface area contributed by atoms with Gasteiger partial charge in [0.05, 0.1) is 26.7 Å². The number of nitrogens with zero attached hydrogens (tertiary/aromatic N) is 2. The molecule has 0 saturated heterocycles. The summed E-state index contributed by atoms with van der Waals surface area (Å²) >= 11 is 21.9. The fraction of sp³-hybridized carbons (Fsp3) is 0.312. The first-order valence-corrected chi connectivity index (χ1v) is 9.04. The number of halogens is 8. The molecule has 13 heteroatoms. The molecule has 0 radical (unpaired) electrons. The van der Waals surface area contributed by atoms with Crippen molar-refractivity contribution in [3.63, 3.8) is 0 Å². The Hall–Kier alpha value is -1.39. The number of hydrogen-bond donors (Lipinski definition) is 1. The first-order valence-electron chi connectivity index (χ1n) is 7.53. The van der Waals surface area contributed by atoms with Crippen molar-refractivity contribution in [1.29, 1.82) is 0 Å². The molecule has 160 valence electrons. The maximum atomic E-state index is 13.5. The minimum Gasteiger partial charge on any atom is -0.461 e. The topological polar surface area (TPSA) is 72.3 Å². The molecule has 0 unspecified atom stereocenters. The number of aromatic nitrogens is 2. The van der Waals surface area contributed by atoms with Gasteiger partial charge >= 0.3 is 17.8 Å². The molecule has 0 aliphatic rings. The Morgan fingerprint density at radius 2 is 1.45 bits per heavy atom. The van der Waals surface area contributed by atoms with E-state index in [4.69, 9.17) is 51.5 Å². The maximum absolute atomic E-state index is 13.5. The van der Waals surface area contributed by atoms with E-state index < -0.39 is 35.8 Å². The summed E-state index contributed by atoms with van der Waals surface area (Å²) in [5, 5.41) is 7.99. The third-order valence-electron chi connectivity index (χ3n) is 2.99. The molecule has 0 spiro atoms. The van der Waals surface area contributed by atoms with Crippen molar-refractivity contribution >= 4 is 52.4 Å². The zero-order chi connectivity index (χ0) is 22.4. The van der Waals surface area contributed by atoms with Gasteiger partial charge in [0, 0.05) is 12.4 Å². The van der Waals surface area contributed by atoms with Gasteiger partial charge in [0.2, 0.25) is 0 Å². The van der Waals surface area contributed by atoms with Gasteiger partial charge in [-0.2, -0.15) is 17.6 Å². The SMILES string of the molecule is CCOC(=O)C(F)(F)c1ncc(Cl)cc1Cl.OCC(F)(F)c1ncc(Cl)cc1Cl. The second-order valence-corrected chi connectivity index (χ2v) is 6.81. The van der Waals surface area contributed by atoms with E-state index >= 15 is 0 Å². The molecule has 0 amide bonds. The average Bonchev–Trinajstić information content (AvgIpc) is 2.61. The van der Waals surface area contributed by atoms with E-state index in [9.17, 15) is 22.4 Å². The van der Waals surface area contributed by atoms with E-state index in [1.807, 2.05) is 0 Å². The zero-order valence-corrected chi connectivity index (χ0v) is 17.4.